The van der Waals surface area contributed by atoms with E-state index in [1.807, 2.05) is 55.5 Å². The van der Waals surface area contributed by atoms with E-state index >= 15 is 0 Å². The fourth-order valence-electron chi connectivity index (χ4n) is 2.61. The summed E-state index contributed by atoms with van der Waals surface area (Å²) in [6, 6.07) is 15.2. The Labute approximate surface area is 137 Å². The summed E-state index contributed by atoms with van der Waals surface area (Å²) in [5.41, 5.74) is 2.81. The molecule has 0 aliphatic carbocycles. The minimum atomic E-state index is -0.0628. The van der Waals surface area contributed by atoms with E-state index in [4.69, 9.17) is 4.42 Å². The average Bonchev–Trinajstić information content (AvgIpc) is 2.54. The molecule has 3 rings (SSSR count). The van der Waals surface area contributed by atoms with Crippen molar-refractivity contribution in [3.05, 3.63) is 76.7 Å². The van der Waals surface area contributed by atoms with Crippen molar-refractivity contribution in [1.29, 1.82) is 0 Å². The first-order chi connectivity index (χ1) is 10.6. The van der Waals surface area contributed by atoms with Crippen LogP contribution >= 0.6 is 15.9 Å². The van der Waals surface area contributed by atoms with Crippen LogP contribution in [0.1, 0.15) is 23.1 Å². The van der Waals surface area contributed by atoms with Crippen molar-refractivity contribution in [2.45, 2.75) is 11.8 Å². The van der Waals surface area contributed by atoms with E-state index in [9.17, 15) is 4.79 Å². The van der Waals surface area contributed by atoms with Gasteiger partial charge in [-0.3, -0.25) is 4.79 Å². The summed E-state index contributed by atoms with van der Waals surface area (Å²) in [4.78, 5) is 13.0. The number of hydrogen-bond donors (Lipinski definition) is 0. The third kappa shape index (κ3) is 2.42. The fraction of sp³-hybridized carbons (Fsp3) is 0.105. The molecule has 0 aliphatic rings. The lowest BCUT2D eigenvalue weighted by atomic mass is 9.99. The van der Waals surface area contributed by atoms with Crippen LogP contribution in [-0.2, 0) is 0 Å². The lowest BCUT2D eigenvalue weighted by Gasteiger charge is -2.13. The van der Waals surface area contributed by atoms with Crippen LogP contribution in [0.15, 0.2) is 64.3 Å². The second-order valence-corrected chi connectivity index (χ2v) is 6.45. The van der Waals surface area contributed by atoms with E-state index in [-0.39, 0.29) is 10.3 Å². The van der Waals surface area contributed by atoms with Gasteiger partial charge in [0.2, 0.25) is 5.43 Å². The van der Waals surface area contributed by atoms with Gasteiger partial charge in [0.05, 0.1) is 15.8 Å². The summed E-state index contributed by atoms with van der Waals surface area (Å²) in [6.45, 7) is 5.74. The second-order valence-electron chi connectivity index (χ2n) is 5.08. The van der Waals surface area contributed by atoms with Gasteiger partial charge in [0.1, 0.15) is 11.3 Å². The summed E-state index contributed by atoms with van der Waals surface area (Å²) in [5.74, 6) is 0.643. The summed E-state index contributed by atoms with van der Waals surface area (Å²) < 4.78 is 6.04. The highest BCUT2D eigenvalue weighted by molar-refractivity contribution is 9.09. The fourth-order valence-corrected chi connectivity index (χ4v) is 2.93. The lowest BCUT2D eigenvalue weighted by Crippen LogP contribution is -2.10. The Bertz CT molecular complexity index is 892. The molecule has 0 spiro atoms. The molecule has 0 bridgehead atoms. The van der Waals surface area contributed by atoms with Crippen LogP contribution in [0.5, 0.6) is 0 Å². The smallest absolute Gasteiger partial charge is 0.201 e. The van der Waals surface area contributed by atoms with E-state index < -0.39 is 0 Å². The Hall–Kier alpha value is -2.13. The predicted octanol–water partition coefficient (Wildman–Crippen LogP) is 5.56. The Morgan fingerprint density at radius 3 is 2.50 bits per heavy atom. The lowest BCUT2D eigenvalue weighted by molar-refractivity contribution is 0.544. The SMILES string of the molecule is C=Cc1cccc2oc(C(C)Br)c(-c3ccccc3)c(=O)c12. The zero-order chi connectivity index (χ0) is 15.7. The van der Waals surface area contributed by atoms with Gasteiger partial charge in [-0.05, 0) is 24.1 Å². The third-order valence-corrected chi connectivity index (χ3v) is 4.04. The van der Waals surface area contributed by atoms with Crippen LogP contribution in [0.4, 0.5) is 0 Å². The molecular weight excluding hydrogens is 340 g/mol. The molecule has 1 aromatic heterocycles. The minimum Gasteiger partial charge on any atom is -0.459 e. The Morgan fingerprint density at radius 2 is 1.86 bits per heavy atom. The van der Waals surface area contributed by atoms with E-state index in [1.165, 1.54) is 0 Å². The number of rotatable bonds is 3. The zero-order valence-corrected chi connectivity index (χ0v) is 13.8. The number of halogens is 1. The standard InChI is InChI=1S/C19H15BrO2/c1-3-13-10-7-11-15-16(13)18(21)17(19(22-15)12(2)20)14-8-5-4-6-9-14/h3-12H,1H2,2H3. The van der Waals surface area contributed by atoms with Crippen molar-refractivity contribution in [2.24, 2.45) is 0 Å². The molecular formula is C19H15BrO2. The molecule has 1 unspecified atom stereocenters. The quantitative estimate of drug-likeness (QED) is 0.576. The highest BCUT2D eigenvalue weighted by Crippen LogP contribution is 2.33. The number of alkyl halides is 1. The number of benzene rings is 2. The predicted molar refractivity (Wildman–Crippen MR) is 95.4 cm³/mol. The minimum absolute atomic E-state index is 0.0238. The molecule has 0 fully saturated rings. The molecule has 2 aromatic carbocycles. The van der Waals surface area contributed by atoms with Gasteiger partial charge >= 0.3 is 0 Å². The Morgan fingerprint density at radius 1 is 1.14 bits per heavy atom. The maximum atomic E-state index is 13.1. The first-order valence-corrected chi connectivity index (χ1v) is 7.96. The summed E-state index contributed by atoms with van der Waals surface area (Å²) in [7, 11) is 0. The van der Waals surface area contributed by atoms with E-state index in [0.29, 0.717) is 22.3 Å². The maximum absolute atomic E-state index is 13.1. The average molecular weight is 355 g/mol. The van der Waals surface area contributed by atoms with Crippen molar-refractivity contribution < 1.29 is 4.42 Å². The third-order valence-electron chi connectivity index (χ3n) is 3.62. The van der Waals surface area contributed by atoms with Crippen LogP contribution in [0.25, 0.3) is 28.2 Å². The first kappa shape index (κ1) is 14.8. The van der Waals surface area contributed by atoms with Crippen molar-refractivity contribution in [3.8, 4) is 11.1 Å². The molecule has 3 aromatic rings. The van der Waals surface area contributed by atoms with Crippen molar-refractivity contribution in [3.63, 3.8) is 0 Å². The molecule has 1 atom stereocenters. The molecule has 0 saturated carbocycles. The van der Waals surface area contributed by atoms with Gasteiger partial charge in [0, 0.05) is 0 Å². The van der Waals surface area contributed by atoms with Crippen molar-refractivity contribution in [1.82, 2.24) is 0 Å². The zero-order valence-electron chi connectivity index (χ0n) is 12.2. The summed E-state index contributed by atoms with van der Waals surface area (Å²) in [5, 5.41) is 0.577. The van der Waals surface area contributed by atoms with Crippen LogP contribution in [-0.4, -0.2) is 0 Å². The Balaban J connectivity index is 2.49. The normalized spacial score (nSPS) is 12.3. The monoisotopic (exact) mass is 354 g/mol. The summed E-state index contributed by atoms with van der Waals surface area (Å²) in [6.07, 6.45) is 1.69. The highest BCUT2D eigenvalue weighted by atomic mass is 79.9. The van der Waals surface area contributed by atoms with Crippen LogP contribution < -0.4 is 5.43 Å². The topological polar surface area (TPSA) is 30.2 Å². The number of fused-ring (bicyclic) bond motifs is 1. The molecule has 3 heteroatoms. The van der Waals surface area contributed by atoms with Crippen molar-refractivity contribution >= 4 is 33.0 Å². The van der Waals surface area contributed by atoms with Crippen LogP contribution in [0.2, 0.25) is 0 Å². The maximum Gasteiger partial charge on any atom is 0.201 e. The van der Waals surface area contributed by atoms with Crippen molar-refractivity contribution in [2.75, 3.05) is 0 Å². The molecule has 0 radical (unpaired) electrons. The van der Waals surface area contributed by atoms with Crippen LogP contribution in [0, 0.1) is 0 Å². The molecule has 22 heavy (non-hydrogen) atoms. The van der Waals surface area contributed by atoms with E-state index in [0.717, 1.165) is 11.1 Å². The van der Waals surface area contributed by atoms with Gasteiger partial charge < -0.3 is 4.42 Å². The van der Waals surface area contributed by atoms with E-state index in [2.05, 4.69) is 22.5 Å². The summed E-state index contributed by atoms with van der Waals surface area (Å²) >= 11 is 3.53. The van der Waals surface area contributed by atoms with Crippen LogP contribution in [0.3, 0.4) is 0 Å². The first-order valence-electron chi connectivity index (χ1n) is 7.05. The van der Waals surface area contributed by atoms with Gasteiger partial charge in [0.25, 0.3) is 0 Å². The number of hydrogen-bond acceptors (Lipinski definition) is 2. The second kappa shape index (κ2) is 5.93. The molecule has 0 amide bonds. The van der Waals surface area contributed by atoms with Gasteiger partial charge in [-0.25, -0.2) is 0 Å². The van der Waals surface area contributed by atoms with Gasteiger partial charge in [-0.1, -0.05) is 71.0 Å². The molecule has 2 nitrogen and oxygen atoms in total. The molecule has 110 valence electrons. The van der Waals surface area contributed by atoms with E-state index in [1.54, 1.807) is 6.08 Å². The molecule has 1 heterocycles. The highest BCUT2D eigenvalue weighted by Gasteiger charge is 2.20. The molecule has 0 N–H and O–H groups in total. The van der Waals surface area contributed by atoms with Gasteiger partial charge in [-0.2, -0.15) is 0 Å². The molecule has 0 aliphatic heterocycles. The van der Waals surface area contributed by atoms with Gasteiger partial charge in [-0.15, -0.1) is 0 Å². The Kier molecular flexibility index (Phi) is 3.99. The van der Waals surface area contributed by atoms with Gasteiger partial charge in [0.15, 0.2) is 0 Å². The largest absolute Gasteiger partial charge is 0.459 e. The molecule has 0 saturated heterocycles.